The largest absolute Gasteiger partial charge is 0.381 e. The third-order valence-corrected chi connectivity index (χ3v) is 3.85. The second-order valence-corrected chi connectivity index (χ2v) is 5.72. The van der Waals surface area contributed by atoms with Gasteiger partial charge in [0, 0.05) is 5.56 Å². The Morgan fingerprint density at radius 2 is 1.64 bits per heavy atom. The summed E-state index contributed by atoms with van der Waals surface area (Å²) in [6, 6.07) is 14.8. The number of carbonyl (C=O) groups excluding carboxylic acids is 1. The Labute approximate surface area is 152 Å². The summed E-state index contributed by atoms with van der Waals surface area (Å²) in [5.74, 6) is -2.34. The van der Waals surface area contributed by atoms with Crippen molar-refractivity contribution < 1.29 is 9.18 Å². The molecule has 0 radical (unpaired) electrons. The number of amides is 1. The monoisotopic (exact) mass is 376 g/mol. The van der Waals surface area contributed by atoms with Gasteiger partial charge in [0.05, 0.1) is 10.7 Å². The molecule has 8 heteroatoms. The lowest BCUT2D eigenvalue weighted by atomic mass is 10.1. The third-order valence-electron chi connectivity index (χ3n) is 3.36. The summed E-state index contributed by atoms with van der Waals surface area (Å²) in [6.07, 6.45) is 0. The van der Waals surface area contributed by atoms with E-state index < -0.39 is 17.5 Å². The fraction of sp³-hybridized carbons (Fsp3) is 0. The fourth-order valence-corrected chi connectivity index (χ4v) is 2.63. The van der Waals surface area contributed by atoms with E-state index in [1.54, 1.807) is 54.6 Å². The lowest BCUT2D eigenvalue weighted by Gasteiger charge is -2.23. The van der Waals surface area contributed by atoms with Crippen LogP contribution in [0.4, 0.5) is 21.7 Å². The number of para-hydroxylation sites is 1. The normalized spacial score (nSPS) is 10.5. The topological polar surface area (TPSA) is 72.1 Å². The quantitative estimate of drug-likeness (QED) is 0.683. The summed E-state index contributed by atoms with van der Waals surface area (Å²) in [5.41, 5.74) is 6.09. The van der Waals surface area contributed by atoms with E-state index in [4.69, 9.17) is 28.9 Å². The van der Waals surface area contributed by atoms with Crippen molar-refractivity contribution in [3.8, 4) is 0 Å². The van der Waals surface area contributed by atoms with Gasteiger partial charge in [-0.3, -0.25) is 9.69 Å². The van der Waals surface area contributed by atoms with Crippen molar-refractivity contribution in [2.45, 2.75) is 0 Å². The minimum absolute atomic E-state index is 0.236. The van der Waals surface area contributed by atoms with Crippen LogP contribution in [0.3, 0.4) is 0 Å². The maximum absolute atomic E-state index is 14.6. The molecule has 2 N–H and O–H groups in total. The molecule has 0 atom stereocenters. The van der Waals surface area contributed by atoms with Crippen LogP contribution >= 0.6 is 23.2 Å². The van der Waals surface area contributed by atoms with E-state index in [0.29, 0.717) is 5.56 Å². The van der Waals surface area contributed by atoms with Crippen molar-refractivity contribution in [3.63, 3.8) is 0 Å². The van der Waals surface area contributed by atoms with Crippen LogP contribution in [0.2, 0.25) is 10.3 Å². The number of anilines is 3. The predicted molar refractivity (Wildman–Crippen MR) is 95.8 cm³/mol. The summed E-state index contributed by atoms with van der Waals surface area (Å²) >= 11 is 12.0. The highest BCUT2D eigenvalue weighted by molar-refractivity contribution is 6.34. The van der Waals surface area contributed by atoms with Gasteiger partial charge in [-0.1, -0.05) is 41.9 Å². The molecule has 0 aliphatic rings. The van der Waals surface area contributed by atoms with Crippen molar-refractivity contribution in [3.05, 3.63) is 76.3 Å². The molecule has 25 heavy (non-hydrogen) atoms. The van der Waals surface area contributed by atoms with Gasteiger partial charge in [-0.25, -0.2) is 0 Å². The van der Waals surface area contributed by atoms with Crippen molar-refractivity contribution in [2.75, 3.05) is 10.6 Å². The first kappa shape index (κ1) is 17.1. The SMILES string of the molecule is Nc1nc(Cl)nc(N(C(=O)c2ccccc2)c2ccccc2Cl)c1F. The molecule has 0 aliphatic carbocycles. The summed E-state index contributed by atoms with van der Waals surface area (Å²) in [4.78, 5) is 21.4. The zero-order valence-corrected chi connectivity index (χ0v) is 14.2. The molecule has 1 aromatic heterocycles. The van der Waals surface area contributed by atoms with Crippen LogP contribution in [-0.4, -0.2) is 15.9 Å². The molecule has 3 aromatic rings. The van der Waals surface area contributed by atoms with Crippen molar-refractivity contribution in [2.24, 2.45) is 0 Å². The van der Waals surface area contributed by atoms with E-state index in [9.17, 15) is 9.18 Å². The van der Waals surface area contributed by atoms with Gasteiger partial charge in [0.25, 0.3) is 5.91 Å². The number of nitrogen functional groups attached to an aromatic ring is 1. The summed E-state index contributed by atoms with van der Waals surface area (Å²) in [6.45, 7) is 0. The third kappa shape index (κ3) is 3.40. The van der Waals surface area contributed by atoms with Gasteiger partial charge in [0.2, 0.25) is 11.1 Å². The maximum Gasteiger partial charge on any atom is 0.264 e. The molecule has 1 amide bonds. The Kier molecular flexibility index (Phi) is 4.83. The molecule has 1 heterocycles. The number of aromatic nitrogens is 2. The second kappa shape index (κ2) is 7.04. The molecular weight excluding hydrogens is 366 g/mol. The molecule has 5 nitrogen and oxygen atoms in total. The minimum Gasteiger partial charge on any atom is -0.381 e. The Morgan fingerprint density at radius 3 is 2.32 bits per heavy atom. The molecule has 2 aromatic carbocycles. The maximum atomic E-state index is 14.6. The molecule has 126 valence electrons. The average Bonchev–Trinajstić information content (AvgIpc) is 2.61. The first-order valence-corrected chi connectivity index (χ1v) is 7.87. The van der Waals surface area contributed by atoms with Gasteiger partial charge in [-0.05, 0) is 35.9 Å². The molecule has 0 fully saturated rings. The van der Waals surface area contributed by atoms with Crippen LogP contribution in [0.5, 0.6) is 0 Å². The number of hydrogen-bond donors (Lipinski definition) is 1. The lowest BCUT2D eigenvalue weighted by Crippen LogP contribution is -2.28. The number of rotatable bonds is 3. The molecule has 0 aliphatic heterocycles. The van der Waals surface area contributed by atoms with Crippen LogP contribution in [0.1, 0.15) is 10.4 Å². The van der Waals surface area contributed by atoms with Gasteiger partial charge in [0.1, 0.15) is 0 Å². The Morgan fingerprint density at radius 1 is 1.00 bits per heavy atom. The highest BCUT2D eigenvalue weighted by atomic mass is 35.5. The zero-order chi connectivity index (χ0) is 18.0. The fourth-order valence-electron chi connectivity index (χ4n) is 2.24. The summed E-state index contributed by atoms with van der Waals surface area (Å²) in [7, 11) is 0. The molecule has 0 saturated carbocycles. The summed E-state index contributed by atoms with van der Waals surface area (Å²) in [5, 5.41) is -0.0497. The van der Waals surface area contributed by atoms with Crippen molar-refractivity contribution in [1.82, 2.24) is 9.97 Å². The van der Waals surface area contributed by atoms with E-state index in [2.05, 4.69) is 9.97 Å². The van der Waals surface area contributed by atoms with Crippen LogP contribution in [-0.2, 0) is 0 Å². The summed E-state index contributed by atoms with van der Waals surface area (Å²) < 4.78 is 14.6. The molecule has 0 unspecified atom stereocenters. The van der Waals surface area contributed by atoms with Gasteiger partial charge in [-0.15, -0.1) is 0 Å². The number of hydrogen-bond acceptors (Lipinski definition) is 4. The number of carbonyl (C=O) groups is 1. The van der Waals surface area contributed by atoms with Gasteiger partial charge in [0.15, 0.2) is 11.6 Å². The highest BCUT2D eigenvalue weighted by Gasteiger charge is 2.27. The van der Waals surface area contributed by atoms with E-state index in [0.717, 1.165) is 4.90 Å². The molecule has 0 saturated heterocycles. The zero-order valence-electron chi connectivity index (χ0n) is 12.7. The van der Waals surface area contributed by atoms with Crippen molar-refractivity contribution in [1.29, 1.82) is 0 Å². The van der Waals surface area contributed by atoms with Gasteiger partial charge in [-0.2, -0.15) is 14.4 Å². The number of nitrogens with two attached hydrogens (primary N) is 1. The minimum atomic E-state index is -0.964. The Balaban J connectivity index is 2.24. The molecular formula is C17H11Cl2FN4O. The molecule has 0 spiro atoms. The lowest BCUT2D eigenvalue weighted by molar-refractivity contribution is 0.0998. The van der Waals surface area contributed by atoms with E-state index >= 15 is 0 Å². The van der Waals surface area contributed by atoms with E-state index in [-0.39, 0.29) is 21.8 Å². The number of benzene rings is 2. The standard InChI is InChI=1S/C17H11Cl2FN4O/c18-11-8-4-5-9-12(11)24(16(25)10-6-2-1-3-7-10)15-13(20)14(21)22-17(19)23-15/h1-9H,(H2,21,22,23). The van der Waals surface area contributed by atoms with Crippen LogP contribution in [0.25, 0.3) is 0 Å². The first-order chi connectivity index (χ1) is 12.0. The highest BCUT2D eigenvalue weighted by Crippen LogP contribution is 2.35. The number of nitrogens with zero attached hydrogens (tertiary/aromatic N) is 3. The van der Waals surface area contributed by atoms with E-state index in [1.807, 2.05) is 0 Å². The van der Waals surface area contributed by atoms with Crippen molar-refractivity contribution >= 4 is 46.4 Å². The molecule has 3 rings (SSSR count). The van der Waals surface area contributed by atoms with Gasteiger partial charge >= 0.3 is 0 Å². The first-order valence-electron chi connectivity index (χ1n) is 7.11. The van der Waals surface area contributed by atoms with Gasteiger partial charge < -0.3 is 5.73 Å². The van der Waals surface area contributed by atoms with Crippen LogP contribution in [0.15, 0.2) is 54.6 Å². The predicted octanol–water partition coefficient (Wildman–Crippen LogP) is 4.48. The van der Waals surface area contributed by atoms with Crippen LogP contribution < -0.4 is 10.6 Å². The Bertz CT molecular complexity index is 937. The smallest absolute Gasteiger partial charge is 0.264 e. The second-order valence-electron chi connectivity index (χ2n) is 4.97. The van der Waals surface area contributed by atoms with Crippen LogP contribution in [0, 0.1) is 5.82 Å². The number of halogens is 3. The average molecular weight is 377 g/mol. The molecule has 0 bridgehead atoms. The Hall–Kier alpha value is -2.70. The van der Waals surface area contributed by atoms with E-state index in [1.165, 1.54) is 0 Å².